The average Bonchev–Trinajstić information content (AvgIpc) is 3.11. The third-order valence-electron chi connectivity index (χ3n) is 6.49. The quantitative estimate of drug-likeness (QED) is 0.582. The number of hydrogen-bond donors (Lipinski definition) is 1. The maximum Gasteiger partial charge on any atom is 0.573 e. The molecule has 2 aliphatic heterocycles. The first-order chi connectivity index (χ1) is 16.4. The van der Waals surface area contributed by atoms with Crippen LogP contribution in [0, 0.1) is 0 Å². The van der Waals surface area contributed by atoms with Gasteiger partial charge in [0.15, 0.2) is 0 Å². The second-order valence-corrected chi connectivity index (χ2v) is 9.34. The number of alkyl halides is 3. The van der Waals surface area contributed by atoms with Gasteiger partial charge in [-0.1, -0.05) is 26.0 Å². The van der Waals surface area contributed by atoms with E-state index in [4.69, 9.17) is 9.84 Å². The zero-order chi connectivity index (χ0) is 25.4. The first-order valence-electron chi connectivity index (χ1n) is 11.4. The summed E-state index contributed by atoms with van der Waals surface area (Å²) < 4.78 is 48.1. The molecule has 0 bridgehead atoms. The van der Waals surface area contributed by atoms with E-state index in [1.54, 1.807) is 24.3 Å². The molecule has 2 heterocycles. The van der Waals surface area contributed by atoms with E-state index in [9.17, 15) is 22.8 Å². The van der Waals surface area contributed by atoms with Crippen LogP contribution in [0.3, 0.4) is 0 Å². The van der Waals surface area contributed by atoms with E-state index >= 15 is 0 Å². The lowest BCUT2D eigenvalue weighted by atomic mass is 9.90. The summed E-state index contributed by atoms with van der Waals surface area (Å²) in [5.74, 6) is -1.35. The SMILES string of the molecule is CC(C)c1cc(CN2CCC3(CC2)CN(c2ccc(C(=O)O)cc2)C(=O)O3)ccc1OC(F)(F)F. The minimum Gasteiger partial charge on any atom is -0.478 e. The van der Waals surface area contributed by atoms with Crippen LogP contribution in [0.2, 0.25) is 0 Å². The summed E-state index contributed by atoms with van der Waals surface area (Å²) in [6.45, 7) is 5.92. The van der Waals surface area contributed by atoms with Crippen molar-refractivity contribution in [2.24, 2.45) is 0 Å². The number of carboxylic acid groups (broad SMARTS) is 1. The predicted octanol–water partition coefficient (Wildman–Crippen LogP) is 5.40. The summed E-state index contributed by atoms with van der Waals surface area (Å²) in [7, 11) is 0. The number of hydrogen-bond acceptors (Lipinski definition) is 5. The number of nitrogens with zero attached hydrogens (tertiary/aromatic N) is 2. The van der Waals surface area contributed by atoms with Gasteiger partial charge in [-0.25, -0.2) is 9.59 Å². The molecule has 0 saturated carbocycles. The Labute approximate surface area is 201 Å². The lowest BCUT2D eigenvalue weighted by Crippen LogP contribution is -2.46. The first-order valence-corrected chi connectivity index (χ1v) is 11.4. The van der Waals surface area contributed by atoms with E-state index in [2.05, 4.69) is 9.64 Å². The lowest BCUT2D eigenvalue weighted by Gasteiger charge is -2.37. The number of carbonyl (C=O) groups is 2. The number of halogens is 3. The number of anilines is 1. The van der Waals surface area contributed by atoms with Gasteiger partial charge in [-0.15, -0.1) is 13.2 Å². The maximum atomic E-state index is 12.7. The summed E-state index contributed by atoms with van der Waals surface area (Å²) in [6, 6.07) is 10.9. The first kappa shape index (κ1) is 24.8. The largest absolute Gasteiger partial charge is 0.573 e. The highest BCUT2D eigenvalue weighted by Crippen LogP contribution is 2.37. The Morgan fingerprint density at radius 2 is 1.80 bits per heavy atom. The number of ether oxygens (including phenoxy) is 2. The van der Waals surface area contributed by atoms with Crippen LogP contribution in [0.1, 0.15) is 54.1 Å². The Morgan fingerprint density at radius 1 is 1.14 bits per heavy atom. The highest BCUT2D eigenvalue weighted by Gasteiger charge is 2.47. The van der Waals surface area contributed by atoms with Crippen molar-refractivity contribution in [1.82, 2.24) is 4.90 Å². The van der Waals surface area contributed by atoms with Crippen LogP contribution in [0.25, 0.3) is 0 Å². The molecule has 2 saturated heterocycles. The van der Waals surface area contributed by atoms with Gasteiger partial charge < -0.3 is 14.6 Å². The molecule has 1 spiro atoms. The van der Waals surface area contributed by atoms with Gasteiger partial charge in [-0.05, 0) is 47.4 Å². The fraction of sp³-hybridized carbons (Fsp3) is 0.440. The van der Waals surface area contributed by atoms with Crippen LogP contribution < -0.4 is 9.64 Å². The Kier molecular flexibility index (Phi) is 6.68. The number of amides is 1. The summed E-state index contributed by atoms with van der Waals surface area (Å²) in [4.78, 5) is 27.3. The van der Waals surface area contributed by atoms with Crippen LogP contribution in [-0.4, -0.2) is 53.7 Å². The fourth-order valence-electron chi connectivity index (χ4n) is 4.61. The topological polar surface area (TPSA) is 79.3 Å². The Balaban J connectivity index is 1.38. The number of carboxylic acids is 1. The van der Waals surface area contributed by atoms with Gasteiger partial charge >= 0.3 is 18.4 Å². The molecule has 10 heteroatoms. The third kappa shape index (κ3) is 5.70. The van der Waals surface area contributed by atoms with Crippen molar-refractivity contribution in [3.8, 4) is 5.75 Å². The minimum atomic E-state index is -4.74. The lowest BCUT2D eigenvalue weighted by molar-refractivity contribution is -0.274. The van der Waals surface area contributed by atoms with Gasteiger partial charge in [0.2, 0.25) is 0 Å². The second-order valence-electron chi connectivity index (χ2n) is 9.34. The van der Waals surface area contributed by atoms with E-state index in [0.717, 1.165) is 5.56 Å². The summed E-state index contributed by atoms with van der Waals surface area (Å²) in [6.07, 6.45) is -3.95. The van der Waals surface area contributed by atoms with E-state index in [-0.39, 0.29) is 17.2 Å². The van der Waals surface area contributed by atoms with Gasteiger partial charge in [-0.3, -0.25) is 9.80 Å². The highest BCUT2D eigenvalue weighted by atomic mass is 19.4. The van der Waals surface area contributed by atoms with Crippen molar-refractivity contribution in [3.05, 3.63) is 59.2 Å². The Hall–Kier alpha value is -3.27. The van der Waals surface area contributed by atoms with Crippen molar-refractivity contribution < 1.29 is 37.3 Å². The molecule has 188 valence electrons. The molecule has 35 heavy (non-hydrogen) atoms. The molecule has 2 fully saturated rings. The van der Waals surface area contributed by atoms with Gasteiger partial charge in [0.05, 0.1) is 12.1 Å². The van der Waals surface area contributed by atoms with Crippen LogP contribution in [0.4, 0.5) is 23.7 Å². The van der Waals surface area contributed by atoms with Gasteiger partial charge in [0.25, 0.3) is 0 Å². The average molecular weight is 492 g/mol. The number of rotatable bonds is 6. The number of benzene rings is 2. The van der Waals surface area contributed by atoms with E-state index in [1.165, 1.54) is 23.1 Å². The Bertz CT molecular complexity index is 1090. The minimum absolute atomic E-state index is 0.134. The van der Waals surface area contributed by atoms with E-state index < -0.39 is 24.0 Å². The molecule has 0 aliphatic carbocycles. The molecule has 2 aliphatic rings. The normalized spacial score (nSPS) is 18.2. The number of likely N-dealkylation sites (tertiary alicyclic amines) is 1. The summed E-state index contributed by atoms with van der Waals surface area (Å²) in [5, 5.41) is 9.06. The Morgan fingerprint density at radius 3 is 2.37 bits per heavy atom. The van der Waals surface area contributed by atoms with Gasteiger partial charge in [0, 0.05) is 38.2 Å². The number of carbonyl (C=O) groups excluding carboxylic acids is 1. The molecule has 7 nitrogen and oxygen atoms in total. The van der Waals surface area contributed by atoms with Crippen LogP contribution in [-0.2, 0) is 11.3 Å². The molecule has 1 N–H and O–H groups in total. The fourth-order valence-corrected chi connectivity index (χ4v) is 4.61. The van der Waals surface area contributed by atoms with Crippen molar-refractivity contribution in [3.63, 3.8) is 0 Å². The predicted molar refractivity (Wildman–Crippen MR) is 122 cm³/mol. The van der Waals surface area contributed by atoms with Crippen LogP contribution in [0.5, 0.6) is 5.75 Å². The number of aromatic carboxylic acids is 1. The molecule has 2 aromatic rings. The van der Waals surface area contributed by atoms with Gasteiger partial charge in [0.1, 0.15) is 11.4 Å². The molecule has 4 rings (SSSR count). The van der Waals surface area contributed by atoms with Crippen molar-refractivity contribution >= 4 is 17.7 Å². The van der Waals surface area contributed by atoms with Gasteiger partial charge in [-0.2, -0.15) is 0 Å². The van der Waals surface area contributed by atoms with Crippen molar-refractivity contribution in [1.29, 1.82) is 0 Å². The maximum absolute atomic E-state index is 12.7. The summed E-state index contributed by atoms with van der Waals surface area (Å²) >= 11 is 0. The molecular weight excluding hydrogens is 465 g/mol. The monoisotopic (exact) mass is 492 g/mol. The molecule has 0 unspecified atom stereocenters. The van der Waals surface area contributed by atoms with E-state index in [0.29, 0.717) is 50.3 Å². The highest BCUT2D eigenvalue weighted by molar-refractivity contribution is 5.92. The number of piperidine rings is 1. The standard InChI is InChI=1S/C25H27F3N2O5/c1-16(2)20-13-17(3-8-21(20)34-25(26,27)28)14-29-11-9-24(10-12-29)15-30(23(33)35-24)19-6-4-18(5-7-19)22(31)32/h3-8,13,16H,9-12,14-15H2,1-2H3,(H,31,32). The van der Waals surface area contributed by atoms with E-state index in [1.807, 2.05) is 13.8 Å². The van der Waals surface area contributed by atoms with Crippen LogP contribution >= 0.6 is 0 Å². The van der Waals surface area contributed by atoms with Crippen LogP contribution in [0.15, 0.2) is 42.5 Å². The third-order valence-corrected chi connectivity index (χ3v) is 6.49. The molecule has 0 aromatic heterocycles. The van der Waals surface area contributed by atoms with Crippen molar-refractivity contribution in [2.75, 3.05) is 24.5 Å². The second kappa shape index (κ2) is 9.41. The molecular formula is C25H27F3N2O5. The molecule has 2 aromatic carbocycles. The van der Waals surface area contributed by atoms with Crippen molar-refractivity contribution in [2.45, 2.75) is 51.1 Å². The smallest absolute Gasteiger partial charge is 0.478 e. The zero-order valence-electron chi connectivity index (χ0n) is 19.5. The molecule has 0 radical (unpaired) electrons. The summed E-state index contributed by atoms with van der Waals surface area (Å²) in [5.41, 5.74) is 1.50. The zero-order valence-corrected chi connectivity index (χ0v) is 19.5. The molecule has 0 atom stereocenters. The molecule has 1 amide bonds.